The molecule has 1 aliphatic heterocycles. The Morgan fingerprint density at radius 3 is 2.94 bits per heavy atom. The molecule has 3 heteroatoms. The molecule has 1 atom stereocenters. The third-order valence-corrected chi connectivity index (χ3v) is 2.67. The third kappa shape index (κ3) is 2.86. The monoisotopic (exact) mass is 217 g/mol. The van der Waals surface area contributed by atoms with Gasteiger partial charge in [0.15, 0.2) is 0 Å². The first-order valence-electron chi connectivity index (χ1n) is 5.35. The highest BCUT2D eigenvalue weighted by Crippen LogP contribution is 2.22. The van der Waals surface area contributed by atoms with Gasteiger partial charge in [0.1, 0.15) is 0 Å². The lowest BCUT2D eigenvalue weighted by Gasteiger charge is -1.99. The summed E-state index contributed by atoms with van der Waals surface area (Å²) in [6, 6.07) is 10.9. The quantitative estimate of drug-likeness (QED) is 0.436. The fraction of sp³-hybridized carbons (Fsp3) is 0.308. The topological polar surface area (TPSA) is 29.3 Å². The Hall–Kier alpha value is -1.77. The molecule has 1 saturated heterocycles. The van der Waals surface area contributed by atoms with Crippen molar-refractivity contribution in [2.24, 2.45) is 0 Å². The van der Waals surface area contributed by atoms with Gasteiger partial charge in [0.2, 0.25) is 0 Å². The second-order valence-electron chi connectivity index (χ2n) is 3.88. The smallest absolute Gasteiger partial charge is 0.331 e. The van der Waals surface area contributed by atoms with Crippen molar-refractivity contribution in [3.63, 3.8) is 0 Å². The van der Waals surface area contributed by atoms with Crippen LogP contribution in [0.5, 0.6) is 0 Å². The van der Waals surface area contributed by atoms with Crippen molar-refractivity contribution in [3.05, 3.63) is 48.2 Å². The molecule has 0 bridgehead atoms. The lowest BCUT2D eigenvalue weighted by molar-refractivity contribution is -0.134. The minimum absolute atomic E-state index is 0.301. The molecule has 1 aromatic carbocycles. The van der Waals surface area contributed by atoms with Crippen LogP contribution in [-0.2, 0) is 16.0 Å². The largest absolute Gasteiger partial charge is 0.466 e. The van der Waals surface area contributed by atoms with Crippen molar-refractivity contribution < 1.29 is 9.53 Å². The van der Waals surface area contributed by atoms with Gasteiger partial charge < -0.3 is 9.64 Å². The van der Waals surface area contributed by atoms with Crippen LogP contribution in [0.2, 0.25) is 0 Å². The van der Waals surface area contributed by atoms with Gasteiger partial charge in [0.05, 0.1) is 13.2 Å². The van der Waals surface area contributed by atoms with Crippen molar-refractivity contribution >= 4 is 5.97 Å². The molecule has 1 fully saturated rings. The first-order valence-corrected chi connectivity index (χ1v) is 5.35. The van der Waals surface area contributed by atoms with Gasteiger partial charge in [-0.15, -0.1) is 0 Å². The standard InChI is InChI=1S/C13H15NO2/c1-16-13(15)7-8-14-10-12(14)9-11-5-3-2-4-6-11/h2-8,12H,9-10H2,1H3/b8-7+. The van der Waals surface area contributed by atoms with Crippen molar-refractivity contribution in [3.8, 4) is 0 Å². The summed E-state index contributed by atoms with van der Waals surface area (Å²) in [6.07, 6.45) is 4.30. The summed E-state index contributed by atoms with van der Waals surface area (Å²) in [6.45, 7) is 1.02. The molecule has 3 nitrogen and oxygen atoms in total. The summed E-state index contributed by atoms with van der Waals surface area (Å²) < 4.78 is 4.53. The zero-order chi connectivity index (χ0) is 11.4. The summed E-state index contributed by atoms with van der Waals surface area (Å²) in [4.78, 5) is 13.0. The van der Waals surface area contributed by atoms with E-state index in [0.29, 0.717) is 6.04 Å². The predicted octanol–water partition coefficient (Wildman–Crippen LogP) is 1.60. The highest BCUT2D eigenvalue weighted by molar-refractivity contribution is 5.81. The van der Waals surface area contributed by atoms with E-state index in [1.807, 2.05) is 18.2 Å². The predicted molar refractivity (Wildman–Crippen MR) is 61.8 cm³/mol. The van der Waals surface area contributed by atoms with E-state index in [9.17, 15) is 4.79 Å². The lowest BCUT2D eigenvalue weighted by Crippen LogP contribution is -2.00. The molecule has 0 saturated carbocycles. The molecule has 0 spiro atoms. The van der Waals surface area contributed by atoms with Gasteiger partial charge in [0.25, 0.3) is 0 Å². The molecule has 16 heavy (non-hydrogen) atoms. The van der Waals surface area contributed by atoms with Gasteiger partial charge in [-0.25, -0.2) is 4.79 Å². The molecule has 84 valence electrons. The molecule has 2 rings (SSSR count). The third-order valence-electron chi connectivity index (χ3n) is 2.67. The molecule has 0 radical (unpaired) electrons. The average molecular weight is 217 g/mol. The van der Waals surface area contributed by atoms with Crippen LogP contribution in [0.4, 0.5) is 0 Å². The number of rotatable bonds is 4. The van der Waals surface area contributed by atoms with Gasteiger partial charge in [-0.05, 0) is 12.0 Å². The Kier molecular flexibility index (Phi) is 3.25. The van der Waals surface area contributed by atoms with Crippen LogP contribution < -0.4 is 0 Å². The van der Waals surface area contributed by atoms with Crippen LogP contribution in [0.15, 0.2) is 42.6 Å². The molecule has 1 heterocycles. The molecule has 0 N–H and O–H groups in total. The maximum atomic E-state index is 10.9. The summed E-state index contributed by atoms with van der Waals surface area (Å²) in [5.74, 6) is -0.301. The zero-order valence-electron chi connectivity index (χ0n) is 9.30. The van der Waals surface area contributed by atoms with Crippen LogP contribution in [0, 0.1) is 0 Å². The van der Waals surface area contributed by atoms with Crippen molar-refractivity contribution in [2.75, 3.05) is 13.7 Å². The molecule has 1 aromatic rings. The van der Waals surface area contributed by atoms with Crippen molar-refractivity contribution in [1.82, 2.24) is 4.90 Å². The highest BCUT2D eigenvalue weighted by Gasteiger charge is 2.30. The number of carbonyl (C=O) groups excluding carboxylic acids is 1. The maximum absolute atomic E-state index is 10.9. The van der Waals surface area contributed by atoms with Crippen LogP contribution >= 0.6 is 0 Å². The van der Waals surface area contributed by atoms with E-state index in [-0.39, 0.29) is 5.97 Å². The van der Waals surface area contributed by atoms with Crippen molar-refractivity contribution in [1.29, 1.82) is 0 Å². The van der Waals surface area contributed by atoms with E-state index in [2.05, 4.69) is 21.8 Å². The summed E-state index contributed by atoms with van der Waals surface area (Å²) in [7, 11) is 1.39. The molecule has 0 aromatic heterocycles. The normalized spacial score (nSPS) is 18.8. The van der Waals surface area contributed by atoms with Crippen LogP contribution in [0.3, 0.4) is 0 Å². The Morgan fingerprint density at radius 1 is 1.50 bits per heavy atom. The first-order chi connectivity index (χ1) is 7.79. The van der Waals surface area contributed by atoms with E-state index >= 15 is 0 Å². The maximum Gasteiger partial charge on any atom is 0.331 e. The lowest BCUT2D eigenvalue weighted by atomic mass is 10.1. The number of hydrogen-bond donors (Lipinski definition) is 0. The number of benzene rings is 1. The second kappa shape index (κ2) is 4.84. The average Bonchev–Trinajstić information content (AvgIpc) is 3.06. The molecule has 0 aliphatic carbocycles. The summed E-state index contributed by atoms with van der Waals surface area (Å²) in [5.41, 5.74) is 1.33. The number of ether oxygens (including phenoxy) is 1. The van der Waals surface area contributed by atoms with E-state index in [0.717, 1.165) is 13.0 Å². The highest BCUT2D eigenvalue weighted by atomic mass is 16.5. The second-order valence-corrected chi connectivity index (χ2v) is 3.88. The van der Waals surface area contributed by atoms with E-state index in [1.165, 1.54) is 18.7 Å². The fourth-order valence-electron chi connectivity index (χ4n) is 1.67. The van der Waals surface area contributed by atoms with E-state index in [1.54, 1.807) is 6.20 Å². The molecular formula is C13H15NO2. The van der Waals surface area contributed by atoms with E-state index in [4.69, 9.17) is 0 Å². The van der Waals surface area contributed by atoms with Crippen LogP contribution in [0.1, 0.15) is 5.56 Å². The molecule has 1 aliphatic rings. The Balaban J connectivity index is 1.80. The van der Waals surface area contributed by atoms with E-state index < -0.39 is 0 Å². The Morgan fingerprint density at radius 2 is 2.25 bits per heavy atom. The molecule has 0 amide bonds. The Bertz CT molecular complexity index is 386. The van der Waals surface area contributed by atoms with Gasteiger partial charge in [0, 0.05) is 18.8 Å². The number of nitrogens with zero attached hydrogens (tertiary/aromatic N) is 1. The number of esters is 1. The van der Waals surface area contributed by atoms with Gasteiger partial charge in [-0.3, -0.25) is 0 Å². The molecular weight excluding hydrogens is 202 g/mol. The number of carbonyl (C=O) groups is 1. The van der Waals surface area contributed by atoms with Crippen LogP contribution in [-0.4, -0.2) is 30.6 Å². The van der Waals surface area contributed by atoms with Gasteiger partial charge in [-0.1, -0.05) is 30.3 Å². The zero-order valence-corrected chi connectivity index (χ0v) is 9.30. The first kappa shape index (κ1) is 10.7. The van der Waals surface area contributed by atoms with Crippen LogP contribution in [0.25, 0.3) is 0 Å². The van der Waals surface area contributed by atoms with Crippen molar-refractivity contribution in [2.45, 2.75) is 12.5 Å². The summed E-state index contributed by atoms with van der Waals surface area (Å²) >= 11 is 0. The van der Waals surface area contributed by atoms with Gasteiger partial charge >= 0.3 is 5.97 Å². The minimum atomic E-state index is -0.301. The number of methoxy groups -OCH3 is 1. The molecule has 1 unspecified atom stereocenters. The fourth-order valence-corrected chi connectivity index (χ4v) is 1.67. The SMILES string of the molecule is COC(=O)/C=C/N1CC1Cc1ccccc1. The minimum Gasteiger partial charge on any atom is -0.466 e. The summed E-state index contributed by atoms with van der Waals surface area (Å²) in [5, 5.41) is 0. The van der Waals surface area contributed by atoms with Gasteiger partial charge in [-0.2, -0.15) is 0 Å². The number of hydrogen-bond acceptors (Lipinski definition) is 3. The Labute approximate surface area is 95.3 Å².